The number of carbonyl (C=O) groups excluding carboxylic acids is 1. The zero-order valence-corrected chi connectivity index (χ0v) is 7.97. The van der Waals surface area contributed by atoms with Gasteiger partial charge in [0.05, 0.1) is 13.5 Å². The van der Waals surface area contributed by atoms with Crippen LogP contribution in [0.2, 0.25) is 0 Å². The Morgan fingerprint density at radius 3 is 2.33 bits per heavy atom. The van der Waals surface area contributed by atoms with Gasteiger partial charge in [0.25, 0.3) is 0 Å². The molecule has 0 N–H and O–H groups in total. The standard InChI is InChI=1S/C10H19O2/c1-3-4-5-6-7-8-9-12-10(2)11/h2-9H2,1H3. The lowest BCUT2D eigenvalue weighted by atomic mass is 10.1. The van der Waals surface area contributed by atoms with Crippen molar-refractivity contribution in [3.8, 4) is 0 Å². The molecule has 2 nitrogen and oxygen atoms in total. The average Bonchev–Trinajstić information content (AvgIpc) is 2.02. The van der Waals surface area contributed by atoms with E-state index in [9.17, 15) is 4.79 Å². The Kier molecular flexibility index (Phi) is 8.19. The Hall–Kier alpha value is -0.530. The molecule has 0 aromatic heterocycles. The number of carbonyl (C=O) groups is 1. The molecular weight excluding hydrogens is 152 g/mol. The summed E-state index contributed by atoms with van der Waals surface area (Å²) in [6.07, 6.45) is 7.28. The lowest BCUT2D eigenvalue weighted by Crippen LogP contribution is -2.00. The number of hydrogen-bond donors (Lipinski definition) is 0. The third-order valence-electron chi connectivity index (χ3n) is 1.76. The molecular formula is C10H19O2. The predicted octanol–water partition coefficient (Wildman–Crippen LogP) is 2.72. The van der Waals surface area contributed by atoms with Crippen molar-refractivity contribution in [3.63, 3.8) is 0 Å². The van der Waals surface area contributed by atoms with Gasteiger partial charge in [0.15, 0.2) is 0 Å². The van der Waals surface area contributed by atoms with Crippen LogP contribution < -0.4 is 0 Å². The number of hydrogen-bond acceptors (Lipinski definition) is 2. The first-order valence-corrected chi connectivity index (χ1v) is 4.76. The normalized spacial score (nSPS) is 9.83. The van der Waals surface area contributed by atoms with Gasteiger partial charge in [-0.15, -0.1) is 0 Å². The molecule has 0 atom stereocenters. The minimum absolute atomic E-state index is 0.413. The van der Waals surface area contributed by atoms with Gasteiger partial charge in [-0.2, -0.15) is 0 Å². The molecule has 0 rings (SSSR count). The summed E-state index contributed by atoms with van der Waals surface area (Å²) in [5, 5.41) is 0. The van der Waals surface area contributed by atoms with E-state index in [2.05, 4.69) is 13.8 Å². The first-order valence-electron chi connectivity index (χ1n) is 4.76. The summed E-state index contributed by atoms with van der Waals surface area (Å²) in [6.45, 7) is 5.86. The maximum Gasteiger partial charge on any atom is 0.306 e. The van der Waals surface area contributed by atoms with Gasteiger partial charge in [-0.05, 0) is 6.42 Å². The third-order valence-corrected chi connectivity index (χ3v) is 1.76. The number of esters is 1. The summed E-state index contributed by atoms with van der Waals surface area (Å²) in [4.78, 5) is 10.2. The quantitative estimate of drug-likeness (QED) is 0.435. The van der Waals surface area contributed by atoms with Gasteiger partial charge in [-0.1, -0.05) is 39.0 Å². The Morgan fingerprint density at radius 2 is 1.75 bits per heavy atom. The van der Waals surface area contributed by atoms with Crippen LogP contribution in [0.4, 0.5) is 0 Å². The van der Waals surface area contributed by atoms with E-state index in [1.807, 2.05) is 0 Å². The van der Waals surface area contributed by atoms with Crippen LogP contribution in [0.5, 0.6) is 0 Å². The van der Waals surface area contributed by atoms with E-state index >= 15 is 0 Å². The molecule has 0 aliphatic carbocycles. The van der Waals surface area contributed by atoms with Crippen molar-refractivity contribution >= 4 is 5.97 Å². The van der Waals surface area contributed by atoms with E-state index in [0.29, 0.717) is 6.61 Å². The number of rotatable bonds is 7. The minimum Gasteiger partial charge on any atom is -0.466 e. The lowest BCUT2D eigenvalue weighted by Gasteiger charge is -2.01. The predicted molar refractivity (Wildman–Crippen MR) is 49.7 cm³/mol. The van der Waals surface area contributed by atoms with Crippen molar-refractivity contribution in [1.82, 2.24) is 0 Å². The molecule has 0 aromatic carbocycles. The summed E-state index contributed by atoms with van der Waals surface area (Å²) in [6, 6.07) is 0. The average molecular weight is 171 g/mol. The van der Waals surface area contributed by atoms with Crippen LogP contribution in [0.15, 0.2) is 0 Å². The molecule has 0 unspecified atom stereocenters. The fourth-order valence-electron chi connectivity index (χ4n) is 1.07. The number of unbranched alkanes of at least 4 members (excludes halogenated alkanes) is 5. The van der Waals surface area contributed by atoms with Crippen molar-refractivity contribution in [2.45, 2.75) is 45.4 Å². The second-order valence-corrected chi connectivity index (χ2v) is 2.99. The highest BCUT2D eigenvalue weighted by molar-refractivity contribution is 5.73. The van der Waals surface area contributed by atoms with Crippen molar-refractivity contribution in [2.75, 3.05) is 6.61 Å². The van der Waals surface area contributed by atoms with Crippen LogP contribution in [-0.4, -0.2) is 12.6 Å². The van der Waals surface area contributed by atoms with Crippen molar-refractivity contribution in [3.05, 3.63) is 6.92 Å². The van der Waals surface area contributed by atoms with Crippen LogP contribution in [0.3, 0.4) is 0 Å². The summed E-state index contributed by atoms with van der Waals surface area (Å²) in [5.74, 6) is -0.413. The summed E-state index contributed by atoms with van der Waals surface area (Å²) >= 11 is 0. The molecule has 0 bridgehead atoms. The van der Waals surface area contributed by atoms with Gasteiger partial charge in [0.1, 0.15) is 0 Å². The summed E-state index contributed by atoms with van der Waals surface area (Å²) in [5.41, 5.74) is 0. The van der Waals surface area contributed by atoms with Gasteiger partial charge >= 0.3 is 5.97 Å². The second-order valence-electron chi connectivity index (χ2n) is 2.99. The lowest BCUT2D eigenvalue weighted by molar-refractivity contribution is -0.138. The summed E-state index contributed by atoms with van der Waals surface area (Å²) < 4.78 is 4.70. The Morgan fingerprint density at radius 1 is 1.17 bits per heavy atom. The molecule has 0 aromatic rings. The third kappa shape index (κ3) is 9.47. The number of ether oxygens (including phenoxy) is 1. The molecule has 0 heterocycles. The first-order chi connectivity index (χ1) is 5.77. The topological polar surface area (TPSA) is 26.3 Å². The molecule has 12 heavy (non-hydrogen) atoms. The van der Waals surface area contributed by atoms with Gasteiger partial charge in [0.2, 0.25) is 0 Å². The zero-order valence-electron chi connectivity index (χ0n) is 7.97. The van der Waals surface area contributed by atoms with Crippen LogP contribution >= 0.6 is 0 Å². The van der Waals surface area contributed by atoms with Crippen molar-refractivity contribution in [2.24, 2.45) is 0 Å². The van der Waals surface area contributed by atoms with Crippen LogP contribution in [0.1, 0.15) is 45.4 Å². The van der Waals surface area contributed by atoms with Crippen LogP contribution in [0.25, 0.3) is 0 Å². The largest absolute Gasteiger partial charge is 0.466 e. The van der Waals surface area contributed by atoms with E-state index in [1.54, 1.807) is 0 Å². The smallest absolute Gasteiger partial charge is 0.306 e. The minimum atomic E-state index is -0.413. The van der Waals surface area contributed by atoms with E-state index in [4.69, 9.17) is 4.74 Å². The van der Waals surface area contributed by atoms with Gasteiger partial charge in [-0.25, -0.2) is 0 Å². The van der Waals surface area contributed by atoms with E-state index in [1.165, 1.54) is 25.7 Å². The zero-order chi connectivity index (χ0) is 9.23. The second kappa shape index (κ2) is 8.57. The maximum atomic E-state index is 10.2. The van der Waals surface area contributed by atoms with Gasteiger partial charge < -0.3 is 4.74 Å². The molecule has 1 radical (unpaired) electrons. The van der Waals surface area contributed by atoms with Crippen LogP contribution in [0, 0.1) is 6.92 Å². The fourth-order valence-corrected chi connectivity index (χ4v) is 1.07. The molecule has 0 saturated heterocycles. The Labute approximate surface area is 75.3 Å². The molecule has 71 valence electrons. The van der Waals surface area contributed by atoms with E-state index in [-0.39, 0.29) is 0 Å². The highest BCUT2D eigenvalue weighted by Gasteiger charge is 1.92. The van der Waals surface area contributed by atoms with Crippen molar-refractivity contribution < 1.29 is 9.53 Å². The molecule has 0 spiro atoms. The monoisotopic (exact) mass is 171 g/mol. The SMILES string of the molecule is [CH2]C(=O)OCCCCCCCC. The van der Waals surface area contributed by atoms with Gasteiger partial charge in [0, 0.05) is 0 Å². The first kappa shape index (κ1) is 11.5. The molecule has 0 fully saturated rings. The molecule has 0 amide bonds. The highest BCUT2D eigenvalue weighted by atomic mass is 16.5. The molecule has 2 heteroatoms. The Balaban J connectivity index is 2.86. The maximum absolute atomic E-state index is 10.2. The molecule has 0 aliphatic heterocycles. The Bertz CT molecular complexity index is 110. The van der Waals surface area contributed by atoms with Crippen molar-refractivity contribution in [1.29, 1.82) is 0 Å². The summed E-state index contributed by atoms with van der Waals surface area (Å²) in [7, 11) is 0. The fraction of sp³-hybridized carbons (Fsp3) is 0.800. The van der Waals surface area contributed by atoms with E-state index < -0.39 is 5.97 Å². The highest BCUT2D eigenvalue weighted by Crippen LogP contribution is 2.04. The van der Waals surface area contributed by atoms with Gasteiger partial charge in [-0.3, -0.25) is 4.79 Å². The molecule has 0 aliphatic rings. The van der Waals surface area contributed by atoms with E-state index in [0.717, 1.165) is 12.8 Å². The van der Waals surface area contributed by atoms with Crippen LogP contribution in [-0.2, 0) is 9.53 Å². The molecule has 0 saturated carbocycles.